The number of rotatable bonds is 3. The summed E-state index contributed by atoms with van der Waals surface area (Å²) in [5, 5.41) is 10.3. The van der Waals surface area contributed by atoms with Crippen molar-refractivity contribution < 1.29 is 23.9 Å². The van der Waals surface area contributed by atoms with E-state index in [4.69, 9.17) is 18.9 Å². The van der Waals surface area contributed by atoms with Gasteiger partial charge in [0.25, 0.3) is 0 Å². The molecular weight excluding hydrogens is 230 g/mol. The number of fused-ring (bicyclic) bond motifs is 1. The van der Waals surface area contributed by atoms with Gasteiger partial charge in [0.2, 0.25) is 6.20 Å². The van der Waals surface area contributed by atoms with Crippen LogP contribution in [-0.2, 0) is 18.9 Å². The smallest absolute Gasteiger partial charge is 0.233 e. The van der Waals surface area contributed by atoms with Gasteiger partial charge in [-0.2, -0.15) is 0 Å². The zero-order valence-electron chi connectivity index (χ0n) is 9.86. The second-order valence-electron chi connectivity index (χ2n) is 4.40. The summed E-state index contributed by atoms with van der Waals surface area (Å²) in [7, 11) is 1.51. The van der Waals surface area contributed by atoms with E-state index in [1.807, 2.05) is 0 Å². The van der Waals surface area contributed by atoms with Gasteiger partial charge in [0.05, 0.1) is 4.92 Å². The maximum Gasteiger partial charge on any atom is 0.233 e. The normalized spacial score (nSPS) is 39.7. The van der Waals surface area contributed by atoms with Crippen molar-refractivity contribution in [1.29, 1.82) is 0 Å². The van der Waals surface area contributed by atoms with Gasteiger partial charge in [-0.3, -0.25) is 10.1 Å². The van der Waals surface area contributed by atoms with Crippen molar-refractivity contribution in [3.05, 3.63) is 22.4 Å². The van der Waals surface area contributed by atoms with Gasteiger partial charge >= 0.3 is 0 Å². The van der Waals surface area contributed by atoms with Gasteiger partial charge in [0, 0.05) is 13.2 Å². The molecule has 2 aliphatic rings. The summed E-state index contributed by atoms with van der Waals surface area (Å²) in [6.45, 7) is 3.56. The first-order chi connectivity index (χ1) is 7.93. The number of nitrogens with zero attached hydrogens (tertiary/aromatic N) is 1. The minimum absolute atomic E-state index is 0.364. The van der Waals surface area contributed by atoms with Gasteiger partial charge in [0.1, 0.15) is 18.3 Å². The Morgan fingerprint density at radius 1 is 1.41 bits per heavy atom. The second kappa shape index (κ2) is 4.34. The molecule has 0 aromatic rings. The maximum atomic E-state index is 10.3. The van der Waals surface area contributed by atoms with Gasteiger partial charge in [-0.1, -0.05) is 0 Å². The molecule has 0 aromatic carbocycles. The average molecular weight is 245 g/mol. The third-order valence-electron chi connectivity index (χ3n) is 2.70. The Hall–Kier alpha value is -1.02. The van der Waals surface area contributed by atoms with Crippen LogP contribution in [0.25, 0.3) is 0 Å². The van der Waals surface area contributed by atoms with Gasteiger partial charge in [-0.05, 0) is 13.8 Å². The Morgan fingerprint density at radius 3 is 2.71 bits per heavy atom. The first kappa shape index (κ1) is 12.4. The van der Waals surface area contributed by atoms with Gasteiger partial charge < -0.3 is 18.9 Å². The molecule has 0 radical (unpaired) electrons. The molecule has 0 unspecified atom stereocenters. The van der Waals surface area contributed by atoms with Crippen LogP contribution in [0.4, 0.5) is 0 Å². The Morgan fingerprint density at radius 2 is 2.12 bits per heavy atom. The lowest BCUT2D eigenvalue weighted by Gasteiger charge is -2.22. The molecule has 0 aromatic heterocycles. The third kappa shape index (κ3) is 2.47. The molecule has 2 heterocycles. The van der Waals surface area contributed by atoms with Crippen molar-refractivity contribution in [2.24, 2.45) is 0 Å². The van der Waals surface area contributed by atoms with Gasteiger partial charge in [0.15, 0.2) is 12.1 Å². The molecule has 0 aliphatic carbocycles. The number of hydrogen-bond acceptors (Lipinski definition) is 6. The Labute approximate surface area is 98.4 Å². The molecule has 2 rings (SSSR count). The summed E-state index contributed by atoms with van der Waals surface area (Å²) in [5.41, 5.74) is 0. The van der Waals surface area contributed by atoms with Crippen molar-refractivity contribution in [3.8, 4) is 0 Å². The lowest BCUT2D eigenvalue weighted by atomic mass is 10.1. The minimum Gasteiger partial charge on any atom is -0.375 e. The molecule has 2 aliphatic heterocycles. The monoisotopic (exact) mass is 245 g/mol. The van der Waals surface area contributed by atoms with Crippen molar-refractivity contribution in [2.45, 2.75) is 44.2 Å². The summed E-state index contributed by atoms with van der Waals surface area (Å²) in [6.07, 6.45) is 0.331. The quantitative estimate of drug-likeness (QED) is 0.537. The predicted molar refractivity (Wildman–Crippen MR) is 55.6 cm³/mol. The molecule has 0 N–H and O–H groups in total. The first-order valence-electron chi connectivity index (χ1n) is 5.29. The number of ether oxygens (including phenoxy) is 4. The van der Waals surface area contributed by atoms with Crippen LogP contribution in [0.5, 0.6) is 0 Å². The molecule has 96 valence electrons. The Kier molecular flexibility index (Phi) is 3.17. The molecule has 2 saturated heterocycles. The van der Waals surface area contributed by atoms with Crippen LogP contribution in [0.15, 0.2) is 12.3 Å². The lowest BCUT2D eigenvalue weighted by Crippen LogP contribution is -2.35. The van der Waals surface area contributed by atoms with E-state index in [1.165, 1.54) is 13.2 Å². The first-order valence-corrected chi connectivity index (χ1v) is 5.29. The fourth-order valence-corrected chi connectivity index (χ4v) is 2.08. The van der Waals surface area contributed by atoms with E-state index in [0.29, 0.717) is 0 Å². The molecule has 4 atom stereocenters. The number of hydrogen-bond donors (Lipinski definition) is 0. The highest BCUT2D eigenvalue weighted by Gasteiger charge is 2.54. The molecular formula is C10H15NO6. The Bertz CT molecular complexity index is 342. The van der Waals surface area contributed by atoms with Crippen LogP contribution >= 0.6 is 0 Å². The summed E-state index contributed by atoms with van der Waals surface area (Å²) in [6, 6.07) is 0. The van der Waals surface area contributed by atoms with E-state index in [2.05, 4.69) is 0 Å². The molecule has 7 nitrogen and oxygen atoms in total. The van der Waals surface area contributed by atoms with Crippen LogP contribution in [0.1, 0.15) is 13.8 Å². The third-order valence-corrected chi connectivity index (χ3v) is 2.70. The van der Waals surface area contributed by atoms with E-state index in [0.717, 1.165) is 6.20 Å². The fraction of sp³-hybridized carbons (Fsp3) is 0.800. The summed E-state index contributed by atoms with van der Waals surface area (Å²) in [4.78, 5) is 9.71. The summed E-state index contributed by atoms with van der Waals surface area (Å²) >= 11 is 0. The van der Waals surface area contributed by atoms with Crippen LogP contribution in [0, 0.1) is 10.1 Å². The topological polar surface area (TPSA) is 80.1 Å². The summed E-state index contributed by atoms with van der Waals surface area (Å²) in [5.74, 6) is -0.718. The lowest BCUT2D eigenvalue weighted by molar-refractivity contribution is -0.403. The Balaban J connectivity index is 2.08. The predicted octanol–water partition coefficient (Wildman–Crippen LogP) is 0.668. The minimum atomic E-state index is -0.718. The summed E-state index contributed by atoms with van der Waals surface area (Å²) < 4.78 is 21.9. The highest BCUT2D eigenvalue weighted by Crippen LogP contribution is 2.38. The van der Waals surface area contributed by atoms with Crippen LogP contribution in [0.3, 0.4) is 0 Å². The molecule has 2 fully saturated rings. The van der Waals surface area contributed by atoms with Crippen molar-refractivity contribution >= 4 is 0 Å². The van der Waals surface area contributed by atoms with Crippen LogP contribution in [0.2, 0.25) is 0 Å². The zero-order chi connectivity index (χ0) is 12.6. The molecule has 0 spiro atoms. The SMILES string of the molecule is CO[C@@H]1[C@H]2OC(C)(C)O[C@H]2O[C@@H]1/C=C\[N+](=O)[O-]. The number of nitro groups is 1. The van der Waals surface area contributed by atoms with E-state index < -0.39 is 29.2 Å². The van der Waals surface area contributed by atoms with E-state index >= 15 is 0 Å². The van der Waals surface area contributed by atoms with Crippen LogP contribution < -0.4 is 0 Å². The average Bonchev–Trinajstić information content (AvgIpc) is 2.65. The highest BCUT2D eigenvalue weighted by atomic mass is 16.8. The highest BCUT2D eigenvalue weighted by molar-refractivity contribution is 5.02. The largest absolute Gasteiger partial charge is 0.375 e. The molecule has 7 heteroatoms. The maximum absolute atomic E-state index is 10.3. The zero-order valence-corrected chi connectivity index (χ0v) is 9.86. The van der Waals surface area contributed by atoms with Crippen molar-refractivity contribution in [3.63, 3.8) is 0 Å². The standard InChI is InChI=1S/C10H15NO6/c1-10(2)16-8-7(14-3)6(4-5-11(12)13)15-9(8)17-10/h4-9H,1-3H3/b5-4-/t6-,7+,8-,9-/m1/s1. The fourth-order valence-electron chi connectivity index (χ4n) is 2.08. The van der Waals surface area contributed by atoms with E-state index in [-0.39, 0.29) is 6.10 Å². The van der Waals surface area contributed by atoms with Gasteiger partial charge in [-0.25, -0.2) is 0 Å². The molecule has 17 heavy (non-hydrogen) atoms. The van der Waals surface area contributed by atoms with E-state index in [1.54, 1.807) is 13.8 Å². The second-order valence-corrected chi connectivity index (χ2v) is 4.40. The van der Waals surface area contributed by atoms with Gasteiger partial charge in [-0.15, -0.1) is 0 Å². The van der Waals surface area contributed by atoms with Crippen molar-refractivity contribution in [1.82, 2.24) is 0 Å². The number of methoxy groups -OCH3 is 1. The molecule has 0 bridgehead atoms. The van der Waals surface area contributed by atoms with Crippen LogP contribution in [-0.4, -0.2) is 42.4 Å². The van der Waals surface area contributed by atoms with E-state index in [9.17, 15) is 10.1 Å². The molecule has 0 saturated carbocycles. The van der Waals surface area contributed by atoms with Crippen molar-refractivity contribution in [2.75, 3.05) is 7.11 Å². The molecule has 0 amide bonds.